The van der Waals surface area contributed by atoms with Crippen LogP contribution in [0.25, 0.3) is 11.2 Å². The zero-order valence-electron chi connectivity index (χ0n) is 13.4. The minimum absolute atomic E-state index is 0.0213. The fourth-order valence-corrected chi connectivity index (χ4v) is 3.31. The molecular formula is C16H19N7O. The lowest BCUT2D eigenvalue weighted by Crippen LogP contribution is -2.33. The molecule has 0 unspecified atom stereocenters. The topological polar surface area (TPSA) is 101 Å². The number of hydrogen-bond donors (Lipinski definition) is 2. The Hall–Kier alpha value is -2.77. The van der Waals surface area contributed by atoms with E-state index in [1.165, 1.54) is 6.33 Å². The number of aromatic nitrogens is 6. The molecule has 8 heteroatoms. The van der Waals surface area contributed by atoms with Gasteiger partial charge in [-0.15, -0.1) is 0 Å². The highest BCUT2D eigenvalue weighted by atomic mass is 16.1. The van der Waals surface area contributed by atoms with Gasteiger partial charge in [-0.25, -0.2) is 19.6 Å². The Labute approximate surface area is 138 Å². The number of aryl methyl sites for hydroxylation is 1. The maximum absolute atomic E-state index is 12.0. The summed E-state index contributed by atoms with van der Waals surface area (Å²) in [6, 6.07) is 3.86. The number of hydrogen-bond acceptors (Lipinski definition) is 6. The maximum Gasteiger partial charge on any atom is 0.267 e. The Kier molecular flexibility index (Phi) is 3.72. The molecule has 24 heavy (non-hydrogen) atoms. The standard InChI is InChI=1S/C16H19N7O/c1-10-2-7-13(24)23(22-10)12-5-3-11(4-6-12)21-16-14-15(18-8-17-14)19-9-20-16/h2,7-9,11-12H,3-6H2,1H3,(H2,17,18,19,20,21). The Bertz CT molecular complexity index is 908. The molecule has 0 aliphatic heterocycles. The van der Waals surface area contributed by atoms with Gasteiger partial charge in [-0.3, -0.25) is 4.79 Å². The smallest absolute Gasteiger partial charge is 0.267 e. The number of rotatable bonds is 3. The number of nitrogens with one attached hydrogen (secondary N) is 2. The summed E-state index contributed by atoms with van der Waals surface area (Å²) in [6.45, 7) is 1.91. The predicted molar refractivity (Wildman–Crippen MR) is 89.8 cm³/mol. The SMILES string of the molecule is Cc1ccc(=O)n(C2CCC(Nc3ncnc4nc[nH]c34)CC2)n1. The van der Waals surface area contributed by atoms with Crippen LogP contribution in [0.5, 0.6) is 0 Å². The minimum atomic E-state index is -0.0213. The van der Waals surface area contributed by atoms with E-state index in [0.717, 1.165) is 42.7 Å². The molecule has 2 N–H and O–H groups in total. The third-order valence-electron chi connectivity index (χ3n) is 4.56. The molecular weight excluding hydrogens is 306 g/mol. The molecule has 0 radical (unpaired) electrons. The van der Waals surface area contributed by atoms with Crippen LogP contribution in [0.3, 0.4) is 0 Å². The molecule has 0 saturated heterocycles. The summed E-state index contributed by atoms with van der Waals surface area (Å²) in [7, 11) is 0. The van der Waals surface area contributed by atoms with Gasteiger partial charge in [0.1, 0.15) is 11.8 Å². The van der Waals surface area contributed by atoms with E-state index in [1.54, 1.807) is 23.1 Å². The minimum Gasteiger partial charge on any atom is -0.365 e. The number of imidazole rings is 1. The lowest BCUT2D eigenvalue weighted by molar-refractivity contribution is 0.302. The summed E-state index contributed by atoms with van der Waals surface area (Å²) >= 11 is 0. The van der Waals surface area contributed by atoms with Gasteiger partial charge < -0.3 is 10.3 Å². The van der Waals surface area contributed by atoms with Crippen LogP contribution in [-0.2, 0) is 0 Å². The van der Waals surface area contributed by atoms with Crippen molar-refractivity contribution in [1.29, 1.82) is 0 Å². The molecule has 1 aliphatic rings. The number of fused-ring (bicyclic) bond motifs is 1. The van der Waals surface area contributed by atoms with E-state index in [4.69, 9.17) is 0 Å². The fourth-order valence-electron chi connectivity index (χ4n) is 3.31. The number of nitrogens with zero attached hydrogens (tertiary/aromatic N) is 5. The molecule has 1 saturated carbocycles. The molecule has 3 aromatic rings. The molecule has 124 valence electrons. The van der Waals surface area contributed by atoms with E-state index in [1.807, 2.05) is 6.92 Å². The Balaban J connectivity index is 1.46. The molecule has 1 aliphatic carbocycles. The van der Waals surface area contributed by atoms with Crippen molar-refractivity contribution in [2.75, 3.05) is 5.32 Å². The van der Waals surface area contributed by atoms with Crippen molar-refractivity contribution in [3.8, 4) is 0 Å². The van der Waals surface area contributed by atoms with Gasteiger partial charge in [-0.05, 0) is 38.7 Å². The van der Waals surface area contributed by atoms with Gasteiger partial charge in [-0.2, -0.15) is 5.10 Å². The summed E-state index contributed by atoms with van der Waals surface area (Å²) in [6.07, 6.45) is 6.92. The van der Waals surface area contributed by atoms with Crippen LogP contribution < -0.4 is 10.9 Å². The van der Waals surface area contributed by atoms with E-state index in [0.29, 0.717) is 11.7 Å². The van der Waals surface area contributed by atoms with Crippen molar-refractivity contribution < 1.29 is 0 Å². The molecule has 0 atom stereocenters. The second-order valence-corrected chi connectivity index (χ2v) is 6.23. The van der Waals surface area contributed by atoms with E-state index >= 15 is 0 Å². The summed E-state index contributed by atoms with van der Waals surface area (Å²) in [5.41, 5.74) is 2.34. The third kappa shape index (κ3) is 2.75. The first-order chi connectivity index (χ1) is 11.7. The normalized spacial score (nSPS) is 21.0. The number of H-pyrrole nitrogens is 1. The predicted octanol–water partition coefficient (Wildman–Crippen LogP) is 1.81. The van der Waals surface area contributed by atoms with Crippen LogP contribution in [0.1, 0.15) is 37.4 Å². The van der Waals surface area contributed by atoms with Crippen molar-refractivity contribution in [3.63, 3.8) is 0 Å². The molecule has 0 bridgehead atoms. The summed E-state index contributed by atoms with van der Waals surface area (Å²) < 4.78 is 1.64. The molecule has 3 heterocycles. The van der Waals surface area contributed by atoms with E-state index in [-0.39, 0.29) is 11.6 Å². The highest BCUT2D eigenvalue weighted by Gasteiger charge is 2.24. The van der Waals surface area contributed by atoms with Crippen molar-refractivity contribution in [2.24, 2.45) is 0 Å². The van der Waals surface area contributed by atoms with Crippen molar-refractivity contribution in [1.82, 2.24) is 29.7 Å². The molecule has 0 amide bonds. The maximum atomic E-state index is 12.0. The van der Waals surface area contributed by atoms with Gasteiger partial charge in [0.15, 0.2) is 11.5 Å². The van der Waals surface area contributed by atoms with Gasteiger partial charge in [0, 0.05) is 12.1 Å². The third-order valence-corrected chi connectivity index (χ3v) is 4.56. The van der Waals surface area contributed by atoms with E-state index < -0.39 is 0 Å². The van der Waals surface area contributed by atoms with Gasteiger partial charge in [0.25, 0.3) is 5.56 Å². The molecule has 3 aromatic heterocycles. The van der Waals surface area contributed by atoms with Gasteiger partial charge in [0.05, 0.1) is 18.1 Å². The fraction of sp³-hybridized carbons (Fsp3) is 0.438. The van der Waals surface area contributed by atoms with Gasteiger partial charge in [0.2, 0.25) is 0 Å². The first kappa shape index (κ1) is 14.8. The molecule has 0 spiro atoms. The molecule has 8 nitrogen and oxygen atoms in total. The average Bonchev–Trinajstić information content (AvgIpc) is 3.08. The number of anilines is 1. The first-order valence-corrected chi connectivity index (χ1v) is 8.18. The highest BCUT2D eigenvalue weighted by Crippen LogP contribution is 2.29. The van der Waals surface area contributed by atoms with Crippen LogP contribution >= 0.6 is 0 Å². The van der Waals surface area contributed by atoms with E-state index in [9.17, 15) is 4.79 Å². The molecule has 4 rings (SSSR count). The van der Waals surface area contributed by atoms with Crippen molar-refractivity contribution >= 4 is 17.0 Å². The van der Waals surface area contributed by atoms with Crippen LogP contribution in [0, 0.1) is 6.92 Å². The highest BCUT2D eigenvalue weighted by molar-refractivity contribution is 5.82. The lowest BCUT2D eigenvalue weighted by atomic mass is 9.91. The van der Waals surface area contributed by atoms with Crippen LogP contribution in [-0.4, -0.2) is 35.8 Å². The summed E-state index contributed by atoms with van der Waals surface area (Å²) in [4.78, 5) is 27.7. The quantitative estimate of drug-likeness (QED) is 0.761. The monoisotopic (exact) mass is 325 g/mol. The molecule has 1 fully saturated rings. The zero-order chi connectivity index (χ0) is 16.5. The Morgan fingerprint density at radius 1 is 1.17 bits per heavy atom. The summed E-state index contributed by atoms with van der Waals surface area (Å²) in [5, 5.41) is 7.87. The Morgan fingerprint density at radius 2 is 2.00 bits per heavy atom. The molecule has 0 aromatic carbocycles. The van der Waals surface area contributed by atoms with Gasteiger partial charge in [-0.1, -0.05) is 0 Å². The average molecular weight is 325 g/mol. The van der Waals surface area contributed by atoms with Crippen LogP contribution in [0.4, 0.5) is 5.82 Å². The Morgan fingerprint density at radius 3 is 2.83 bits per heavy atom. The summed E-state index contributed by atoms with van der Waals surface area (Å²) in [5.74, 6) is 0.784. The lowest BCUT2D eigenvalue weighted by Gasteiger charge is -2.29. The van der Waals surface area contributed by atoms with E-state index in [2.05, 4.69) is 30.4 Å². The van der Waals surface area contributed by atoms with Crippen molar-refractivity contribution in [2.45, 2.75) is 44.7 Å². The largest absolute Gasteiger partial charge is 0.365 e. The van der Waals surface area contributed by atoms with Crippen molar-refractivity contribution in [3.05, 3.63) is 40.8 Å². The first-order valence-electron chi connectivity index (χ1n) is 8.18. The number of aromatic amines is 1. The zero-order valence-corrected chi connectivity index (χ0v) is 13.4. The van der Waals surface area contributed by atoms with Crippen LogP contribution in [0.15, 0.2) is 29.6 Å². The second kappa shape index (κ2) is 6.03. The second-order valence-electron chi connectivity index (χ2n) is 6.23. The van der Waals surface area contributed by atoms with Crippen LogP contribution in [0.2, 0.25) is 0 Å². The van der Waals surface area contributed by atoms with Gasteiger partial charge >= 0.3 is 0 Å².